The van der Waals surface area contributed by atoms with Crippen LogP contribution in [0.1, 0.15) is 25.7 Å². The predicted molar refractivity (Wildman–Crippen MR) is 53.7 cm³/mol. The highest BCUT2D eigenvalue weighted by molar-refractivity contribution is 5.02. The van der Waals surface area contributed by atoms with Crippen LogP contribution in [0.2, 0.25) is 0 Å². The fourth-order valence-electron chi connectivity index (χ4n) is 3.28. The second kappa shape index (κ2) is 2.96. The molecule has 3 aliphatic rings. The van der Waals surface area contributed by atoms with Gasteiger partial charge in [0, 0.05) is 18.6 Å². The lowest BCUT2D eigenvalue weighted by Gasteiger charge is -2.19. The number of rotatable bonds is 2. The zero-order chi connectivity index (χ0) is 8.84. The highest BCUT2D eigenvalue weighted by Gasteiger charge is 2.48. The number of likely N-dealkylation sites (N-methyl/N-ethyl adjacent to an activating group) is 1. The van der Waals surface area contributed by atoms with E-state index >= 15 is 0 Å². The lowest BCUT2D eigenvalue weighted by Crippen LogP contribution is -2.39. The topological polar surface area (TPSA) is 15.3 Å². The molecular weight excluding hydrogens is 160 g/mol. The average molecular weight is 180 g/mol. The number of hydrogen-bond acceptors (Lipinski definition) is 2. The molecule has 4 atom stereocenters. The van der Waals surface area contributed by atoms with E-state index in [9.17, 15) is 0 Å². The maximum atomic E-state index is 3.86. The van der Waals surface area contributed by atoms with Crippen molar-refractivity contribution >= 4 is 0 Å². The van der Waals surface area contributed by atoms with Gasteiger partial charge in [0.25, 0.3) is 0 Å². The van der Waals surface area contributed by atoms with E-state index in [-0.39, 0.29) is 0 Å². The van der Waals surface area contributed by atoms with Crippen LogP contribution in [0.25, 0.3) is 0 Å². The van der Waals surface area contributed by atoms with Gasteiger partial charge in [0.1, 0.15) is 0 Å². The third-order valence-corrected chi connectivity index (χ3v) is 4.18. The summed E-state index contributed by atoms with van der Waals surface area (Å²) in [5.74, 6) is 2.20. The smallest absolute Gasteiger partial charge is 0.0209 e. The van der Waals surface area contributed by atoms with Crippen LogP contribution in [0.15, 0.2) is 0 Å². The number of nitrogens with one attached hydrogen (secondary N) is 1. The fourth-order valence-corrected chi connectivity index (χ4v) is 3.28. The van der Waals surface area contributed by atoms with Gasteiger partial charge in [-0.2, -0.15) is 0 Å². The van der Waals surface area contributed by atoms with Crippen LogP contribution in [0.5, 0.6) is 0 Å². The van der Waals surface area contributed by atoms with Gasteiger partial charge in [-0.25, -0.2) is 0 Å². The molecular formula is C11H20N2. The van der Waals surface area contributed by atoms with E-state index in [1.165, 1.54) is 38.8 Å². The van der Waals surface area contributed by atoms with E-state index in [2.05, 4.69) is 17.3 Å². The van der Waals surface area contributed by atoms with E-state index < -0.39 is 0 Å². The summed E-state index contributed by atoms with van der Waals surface area (Å²) in [4.78, 5) is 2.44. The summed E-state index contributed by atoms with van der Waals surface area (Å²) < 4.78 is 0. The summed E-state index contributed by atoms with van der Waals surface area (Å²) in [7, 11) is 2.23. The number of likely N-dealkylation sites (tertiary alicyclic amines) is 1. The Bertz CT molecular complexity index is 204. The summed E-state index contributed by atoms with van der Waals surface area (Å²) in [6.45, 7) is 2.56. The fraction of sp³-hybridized carbons (Fsp3) is 1.00. The summed E-state index contributed by atoms with van der Waals surface area (Å²) in [6, 6.07) is 1.69. The predicted octanol–water partition coefficient (Wildman–Crippen LogP) is 1.08. The first-order chi connectivity index (χ1) is 6.33. The zero-order valence-electron chi connectivity index (χ0n) is 8.50. The van der Waals surface area contributed by atoms with Gasteiger partial charge in [0.2, 0.25) is 0 Å². The SMILES string of the molecule is CN1CCC(NC2CC[C@@H]3C[C@H]23)C1. The Hall–Kier alpha value is -0.0800. The van der Waals surface area contributed by atoms with Gasteiger partial charge in [-0.1, -0.05) is 0 Å². The molecule has 0 spiro atoms. The summed E-state index contributed by atoms with van der Waals surface area (Å²) >= 11 is 0. The van der Waals surface area contributed by atoms with Gasteiger partial charge in [-0.15, -0.1) is 0 Å². The molecule has 3 rings (SSSR count). The normalized spacial score (nSPS) is 49.6. The molecule has 0 radical (unpaired) electrons. The molecule has 2 saturated carbocycles. The van der Waals surface area contributed by atoms with Crippen molar-refractivity contribution in [3.8, 4) is 0 Å². The zero-order valence-corrected chi connectivity index (χ0v) is 8.50. The Balaban J connectivity index is 1.52. The summed E-state index contributed by atoms with van der Waals surface area (Å²) in [5, 5.41) is 3.86. The Morgan fingerprint density at radius 3 is 2.69 bits per heavy atom. The van der Waals surface area contributed by atoms with E-state index in [0.717, 1.165) is 23.9 Å². The maximum Gasteiger partial charge on any atom is 0.0209 e. The van der Waals surface area contributed by atoms with Crippen LogP contribution in [0, 0.1) is 11.8 Å². The molecule has 0 aromatic rings. The molecule has 1 aliphatic heterocycles. The molecule has 74 valence electrons. The van der Waals surface area contributed by atoms with Crippen molar-refractivity contribution in [2.75, 3.05) is 20.1 Å². The molecule has 2 unspecified atom stereocenters. The minimum atomic E-state index is 0.800. The van der Waals surface area contributed by atoms with Gasteiger partial charge in [-0.3, -0.25) is 0 Å². The molecule has 2 aliphatic carbocycles. The molecule has 2 nitrogen and oxygen atoms in total. The number of nitrogens with zero attached hydrogens (tertiary/aromatic N) is 1. The molecule has 1 heterocycles. The number of fused-ring (bicyclic) bond motifs is 1. The quantitative estimate of drug-likeness (QED) is 0.684. The Labute approximate surface area is 80.7 Å². The second-order valence-corrected chi connectivity index (χ2v) is 5.26. The van der Waals surface area contributed by atoms with Crippen LogP contribution in [-0.4, -0.2) is 37.1 Å². The van der Waals surface area contributed by atoms with Crippen LogP contribution in [-0.2, 0) is 0 Å². The lowest BCUT2D eigenvalue weighted by atomic mass is 10.1. The largest absolute Gasteiger partial charge is 0.310 e. The molecule has 1 saturated heterocycles. The van der Waals surface area contributed by atoms with Crippen LogP contribution >= 0.6 is 0 Å². The third kappa shape index (κ3) is 1.50. The molecule has 1 N–H and O–H groups in total. The van der Waals surface area contributed by atoms with Crippen molar-refractivity contribution in [2.24, 2.45) is 11.8 Å². The second-order valence-electron chi connectivity index (χ2n) is 5.26. The molecule has 0 aromatic carbocycles. The summed E-state index contributed by atoms with van der Waals surface area (Å²) in [6.07, 6.45) is 5.85. The van der Waals surface area contributed by atoms with Crippen molar-refractivity contribution < 1.29 is 0 Å². The first kappa shape index (κ1) is 8.25. The lowest BCUT2D eigenvalue weighted by molar-refractivity contribution is 0.369. The Kier molecular flexibility index (Phi) is 1.88. The molecule has 0 amide bonds. The van der Waals surface area contributed by atoms with Crippen LogP contribution in [0.4, 0.5) is 0 Å². The van der Waals surface area contributed by atoms with Crippen LogP contribution < -0.4 is 5.32 Å². The van der Waals surface area contributed by atoms with Crippen molar-refractivity contribution in [2.45, 2.75) is 37.8 Å². The van der Waals surface area contributed by atoms with E-state index in [1.54, 1.807) is 0 Å². The molecule has 0 aromatic heterocycles. The summed E-state index contributed by atoms with van der Waals surface area (Å²) in [5.41, 5.74) is 0. The maximum absolute atomic E-state index is 3.86. The van der Waals surface area contributed by atoms with Gasteiger partial charge in [-0.05, 0) is 51.1 Å². The van der Waals surface area contributed by atoms with E-state index in [0.29, 0.717) is 0 Å². The van der Waals surface area contributed by atoms with Crippen molar-refractivity contribution in [1.82, 2.24) is 10.2 Å². The molecule has 3 fully saturated rings. The highest BCUT2D eigenvalue weighted by Crippen LogP contribution is 2.51. The minimum absolute atomic E-state index is 0.800. The first-order valence-electron chi connectivity index (χ1n) is 5.77. The Morgan fingerprint density at radius 1 is 1.23 bits per heavy atom. The minimum Gasteiger partial charge on any atom is -0.310 e. The van der Waals surface area contributed by atoms with Gasteiger partial charge in [0.05, 0.1) is 0 Å². The number of hydrogen-bond donors (Lipinski definition) is 1. The highest BCUT2D eigenvalue weighted by atomic mass is 15.2. The van der Waals surface area contributed by atoms with Crippen molar-refractivity contribution in [1.29, 1.82) is 0 Å². The van der Waals surface area contributed by atoms with E-state index in [1.807, 2.05) is 0 Å². The molecule has 13 heavy (non-hydrogen) atoms. The molecule has 2 heteroatoms. The standard InChI is InChI=1S/C11H20N2/c1-13-5-4-9(7-13)12-11-3-2-8-6-10(8)11/h8-12H,2-7H2,1H3/t8-,9?,10+,11?/m1/s1. The average Bonchev–Trinajstić information content (AvgIpc) is 2.63. The first-order valence-corrected chi connectivity index (χ1v) is 5.77. The van der Waals surface area contributed by atoms with E-state index in [4.69, 9.17) is 0 Å². The monoisotopic (exact) mass is 180 g/mol. The van der Waals surface area contributed by atoms with Gasteiger partial charge in [0.15, 0.2) is 0 Å². The van der Waals surface area contributed by atoms with Crippen molar-refractivity contribution in [3.05, 3.63) is 0 Å². The molecule has 0 bridgehead atoms. The third-order valence-electron chi connectivity index (χ3n) is 4.18. The van der Waals surface area contributed by atoms with Gasteiger partial charge >= 0.3 is 0 Å². The van der Waals surface area contributed by atoms with Gasteiger partial charge < -0.3 is 10.2 Å². The van der Waals surface area contributed by atoms with Crippen molar-refractivity contribution in [3.63, 3.8) is 0 Å². The Morgan fingerprint density at radius 2 is 2.15 bits per heavy atom. The van der Waals surface area contributed by atoms with Crippen LogP contribution in [0.3, 0.4) is 0 Å².